The van der Waals surface area contributed by atoms with Crippen LogP contribution in [0.1, 0.15) is 48.6 Å². The van der Waals surface area contributed by atoms with Gasteiger partial charge in [0, 0.05) is 19.3 Å². The fraction of sp³-hybridized carbons (Fsp3) is 0.462. The summed E-state index contributed by atoms with van der Waals surface area (Å²) in [4.78, 5) is 12.7. The van der Waals surface area contributed by atoms with Crippen LogP contribution in [-0.4, -0.2) is 25.3 Å². The molecule has 19 heavy (non-hydrogen) atoms. The molecule has 2 rings (SSSR count). The maximum absolute atomic E-state index is 12.7. The van der Waals surface area contributed by atoms with E-state index in [1.54, 1.807) is 21.8 Å². The first-order valence-electron chi connectivity index (χ1n) is 6.25. The topological polar surface area (TPSA) is 52.7 Å². The molecule has 0 radical (unpaired) electrons. The van der Waals surface area contributed by atoms with Crippen molar-refractivity contribution in [2.75, 3.05) is 0 Å². The summed E-state index contributed by atoms with van der Waals surface area (Å²) in [6, 6.07) is 0.131. The molecule has 2 aromatic heterocycles. The van der Waals surface area contributed by atoms with Crippen molar-refractivity contribution in [2.24, 2.45) is 7.05 Å². The maximum atomic E-state index is 12.7. The molecule has 0 fully saturated rings. The minimum Gasteiger partial charge on any atom is -0.287 e. The van der Waals surface area contributed by atoms with Gasteiger partial charge in [-0.05, 0) is 36.2 Å². The van der Waals surface area contributed by atoms with Gasteiger partial charge in [-0.25, -0.2) is 0 Å². The number of rotatable bonds is 4. The third-order valence-electron chi connectivity index (χ3n) is 2.94. The lowest BCUT2D eigenvalue weighted by atomic mass is 10.1. The van der Waals surface area contributed by atoms with E-state index in [1.807, 2.05) is 27.8 Å². The highest BCUT2D eigenvalue weighted by Gasteiger charge is 2.23. The molecular formula is C13H17BrN4O. The Kier molecular flexibility index (Phi) is 3.89. The third kappa shape index (κ3) is 2.49. The molecule has 0 amide bonds. The number of hydrogen-bond donors (Lipinski definition) is 0. The van der Waals surface area contributed by atoms with Crippen LogP contribution in [0.5, 0.6) is 0 Å². The molecule has 0 saturated heterocycles. The van der Waals surface area contributed by atoms with Crippen molar-refractivity contribution in [1.29, 1.82) is 0 Å². The van der Waals surface area contributed by atoms with Gasteiger partial charge in [0.1, 0.15) is 5.69 Å². The summed E-state index contributed by atoms with van der Waals surface area (Å²) in [6.45, 7) is 5.99. The standard InChI is InChI=1S/C13H17BrN4O/c1-5-11-9(7-17(4)16-11)13(19)12-10(14)6-15-18(12)8(2)3/h6-8H,5H2,1-4H3. The fourth-order valence-corrected chi connectivity index (χ4v) is 2.51. The Labute approximate surface area is 120 Å². The highest BCUT2D eigenvalue weighted by atomic mass is 79.9. The van der Waals surface area contributed by atoms with Gasteiger partial charge in [0.25, 0.3) is 0 Å². The molecule has 0 aliphatic heterocycles. The Balaban J connectivity index is 2.52. The zero-order valence-corrected chi connectivity index (χ0v) is 13.1. The van der Waals surface area contributed by atoms with Gasteiger partial charge in [0.05, 0.1) is 21.9 Å². The number of aryl methyl sites for hydroxylation is 2. The molecule has 0 saturated carbocycles. The first-order chi connectivity index (χ1) is 8.95. The number of carbonyl (C=O) groups excluding carboxylic acids is 1. The van der Waals surface area contributed by atoms with Crippen LogP contribution < -0.4 is 0 Å². The molecule has 0 bridgehead atoms. The van der Waals surface area contributed by atoms with E-state index in [0.717, 1.165) is 16.6 Å². The van der Waals surface area contributed by atoms with Crippen molar-refractivity contribution >= 4 is 21.7 Å². The van der Waals surface area contributed by atoms with Gasteiger partial charge in [0.15, 0.2) is 0 Å². The molecule has 0 unspecified atom stereocenters. The molecule has 5 nitrogen and oxygen atoms in total. The molecule has 0 spiro atoms. The summed E-state index contributed by atoms with van der Waals surface area (Å²) in [7, 11) is 1.82. The third-order valence-corrected chi connectivity index (χ3v) is 3.52. The molecule has 2 aromatic rings. The van der Waals surface area contributed by atoms with Gasteiger partial charge < -0.3 is 0 Å². The van der Waals surface area contributed by atoms with E-state index >= 15 is 0 Å². The van der Waals surface area contributed by atoms with E-state index in [9.17, 15) is 4.79 Å². The van der Waals surface area contributed by atoms with E-state index in [2.05, 4.69) is 26.1 Å². The van der Waals surface area contributed by atoms with E-state index in [0.29, 0.717) is 11.3 Å². The van der Waals surface area contributed by atoms with Crippen LogP contribution in [0.25, 0.3) is 0 Å². The Morgan fingerprint density at radius 2 is 2.16 bits per heavy atom. The molecular weight excluding hydrogens is 308 g/mol. The smallest absolute Gasteiger partial charge is 0.215 e. The Bertz CT molecular complexity index is 612. The van der Waals surface area contributed by atoms with Gasteiger partial charge in [-0.15, -0.1) is 0 Å². The first kappa shape index (κ1) is 14.0. The van der Waals surface area contributed by atoms with Gasteiger partial charge >= 0.3 is 0 Å². The van der Waals surface area contributed by atoms with Crippen LogP contribution >= 0.6 is 15.9 Å². The molecule has 102 valence electrons. The highest BCUT2D eigenvalue weighted by molar-refractivity contribution is 9.10. The predicted octanol–water partition coefficient (Wildman–Crippen LogP) is 2.75. The van der Waals surface area contributed by atoms with Gasteiger partial charge in [-0.3, -0.25) is 14.2 Å². The second kappa shape index (κ2) is 5.28. The monoisotopic (exact) mass is 324 g/mol. The number of halogens is 1. The first-order valence-corrected chi connectivity index (χ1v) is 7.05. The average Bonchev–Trinajstić information content (AvgIpc) is 2.91. The van der Waals surface area contributed by atoms with Crippen molar-refractivity contribution in [3.63, 3.8) is 0 Å². The largest absolute Gasteiger partial charge is 0.287 e. The van der Waals surface area contributed by atoms with Crippen LogP contribution in [0.4, 0.5) is 0 Å². The molecule has 0 N–H and O–H groups in total. The second-order valence-electron chi connectivity index (χ2n) is 4.73. The Morgan fingerprint density at radius 1 is 1.47 bits per heavy atom. The number of nitrogens with zero attached hydrogens (tertiary/aromatic N) is 4. The molecule has 2 heterocycles. The lowest BCUT2D eigenvalue weighted by Gasteiger charge is -2.10. The molecule has 0 aliphatic carbocycles. The zero-order valence-electron chi connectivity index (χ0n) is 11.5. The minimum atomic E-state index is -0.0389. The maximum Gasteiger partial charge on any atom is 0.215 e. The quantitative estimate of drug-likeness (QED) is 0.812. The predicted molar refractivity (Wildman–Crippen MR) is 76.3 cm³/mol. The summed E-state index contributed by atoms with van der Waals surface area (Å²) < 4.78 is 4.13. The van der Waals surface area contributed by atoms with E-state index in [1.165, 1.54) is 0 Å². The lowest BCUT2D eigenvalue weighted by molar-refractivity contribution is 0.102. The number of carbonyl (C=O) groups is 1. The van der Waals surface area contributed by atoms with Crippen LogP contribution in [0.3, 0.4) is 0 Å². The average molecular weight is 325 g/mol. The molecule has 6 heteroatoms. The van der Waals surface area contributed by atoms with Crippen molar-refractivity contribution in [1.82, 2.24) is 19.6 Å². The Morgan fingerprint density at radius 3 is 2.74 bits per heavy atom. The summed E-state index contributed by atoms with van der Waals surface area (Å²) in [6.07, 6.45) is 4.16. The molecule has 0 aliphatic rings. The summed E-state index contributed by atoms with van der Waals surface area (Å²) in [5.74, 6) is -0.0389. The molecule has 0 aromatic carbocycles. The summed E-state index contributed by atoms with van der Waals surface area (Å²) in [5, 5.41) is 8.56. The fourth-order valence-electron chi connectivity index (χ4n) is 2.06. The number of aromatic nitrogens is 4. The van der Waals surface area contributed by atoms with Crippen LogP contribution in [0, 0.1) is 0 Å². The number of ketones is 1. The highest BCUT2D eigenvalue weighted by Crippen LogP contribution is 2.24. The van der Waals surface area contributed by atoms with E-state index in [-0.39, 0.29) is 11.8 Å². The van der Waals surface area contributed by atoms with Gasteiger partial charge in [-0.2, -0.15) is 10.2 Å². The van der Waals surface area contributed by atoms with Crippen molar-refractivity contribution in [2.45, 2.75) is 33.2 Å². The molecule has 0 atom stereocenters. The van der Waals surface area contributed by atoms with Crippen molar-refractivity contribution in [3.05, 3.63) is 33.8 Å². The van der Waals surface area contributed by atoms with Crippen molar-refractivity contribution < 1.29 is 4.79 Å². The van der Waals surface area contributed by atoms with E-state index in [4.69, 9.17) is 0 Å². The van der Waals surface area contributed by atoms with Gasteiger partial charge in [-0.1, -0.05) is 6.92 Å². The normalized spacial score (nSPS) is 11.3. The SMILES string of the molecule is CCc1nn(C)cc1C(=O)c1c(Br)cnn1C(C)C. The number of hydrogen-bond acceptors (Lipinski definition) is 3. The van der Waals surface area contributed by atoms with Crippen LogP contribution in [0.2, 0.25) is 0 Å². The second-order valence-corrected chi connectivity index (χ2v) is 5.58. The Hall–Kier alpha value is -1.43. The van der Waals surface area contributed by atoms with Crippen LogP contribution in [-0.2, 0) is 13.5 Å². The summed E-state index contributed by atoms with van der Waals surface area (Å²) in [5.41, 5.74) is 2.04. The van der Waals surface area contributed by atoms with Gasteiger partial charge in [0.2, 0.25) is 5.78 Å². The van der Waals surface area contributed by atoms with Crippen molar-refractivity contribution in [3.8, 4) is 0 Å². The summed E-state index contributed by atoms with van der Waals surface area (Å²) >= 11 is 3.41. The zero-order chi connectivity index (χ0) is 14.2. The van der Waals surface area contributed by atoms with E-state index < -0.39 is 0 Å². The lowest BCUT2D eigenvalue weighted by Crippen LogP contribution is -2.14. The minimum absolute atomic E-state index is 0.0389. The van der Waals surface area contributed by atoms with Crippen LogP contribution in [0.15, 0.2) is 16.9 Å².